The fourth-order valence-corrected chi connectivity index (χ4v) is 0. The monoisotopic (exact) mass is 256 g/mol. The molecule has 0 unspecified atom stereocenters. The van der Waals surface area contributed by atoms with E-state index in [-0.39, 0.29) is 45.5 Å². The van der Waals surface area contributed by atoms with Gasteiger partial charge in [0, 0.05) is 0 Å². The van der Waals surface area contributed by atoms with Crippen LogP contribution in [0.1, 0.15) is 0 Å². The maximum atomic E-state index is 8.61. The summed E-state index contributed by atoms with van der Waals surface area (Å²) >= 11 is -4.29. The number of hydrogen-bond donors (Lipinski definition) is 0. The summed E-state index contributed by atoms with van der Waals surface area (Å²) in [6.07, 6.45) is 0. The Bertz CT molecular complexity index is 29.9. The second-order valence-electron chi connectivity index (χ2n) is 0.250. The third-order valence-corrected chi connectivity index (χ3v) is 0. The quantitative estimate of drug-likeness (QED) is 0.426. The van der Waals surface area contributed by atoms with Gasteiger partial charge in [-0.2, -0.15) is 0 Å². The van der Waals surface area contributed by atoms with E-state index >= 15 is 0 Å². The van der Waals surface area contributed by atoms with E-state index in [0.29, 0.717) is 0 Å². The summed E-state index contributed by atoms with van der Waals surface area (Å²) in [6, 6.07) is 0. The third kappa shape index (κ3) is 24.0. The first kappa shape index (κ1) is 10.1. The van der Waals surface area contributed by atoms with Gasteiger partial charge in [-0.1, -0.05) is 0 Å². The molecule has 24 valence electrons. The minimum atomic E-state index is -4.29. The molecule has 0 saturated carbocycles. The second-order valence-corrected chi connectivity index (χ2v) is 1.68. The van der Waals surface area contributed by atoms with Crippen molar-refractivity contribution in [1.29, 1.82) is 0 Å². The Labute approximate surface area is 74.5 Å². The molecule has 0 aromatic carbocycles. The molecule has 0 aliphatic carbocycles. The Kier molecular flexibility index (Phi) is 12.1. The predicted molar refractivity (Wildman–Crippen MR) is 12.2 cm³/mol. The van der Waals surface area contributed by atoms with Gasteiger partial charge in [-0.05, 0) is 0 Å². The van der Waals surface area contributed by atoms with E-state index in [1.807, 2.05) is 0 Å². The second kappa shape index (κ2) is 6.00. The van der Waals surface area contributed by atoms with Gasteiger partial charge in [-0.3, -0.25) is 0 Å². The maximum Gasteiger partial charge on any atom is 2.00 e. The SMILES string of the molecule is [O]=[Sn]([O-])[O-].[Sr+2]. The van der Waals surface area contributed by atoms with Crippen LogP contribution < -0.4 is 6.89 Å². The molecule has 0 rings (SSSR count). The summed E-state index contributed by atoms with van der Waals surface area (Å²) in [4.78, 5) is 0. The van der Waals surface area contributed by atoms with Crippen LogP contribution in [0.3, 0.4) is 0 Å². The first-order valence-corrected chi connectivity index (χ1v) is 4.11. The van der Waals surface area contributed by atoms with Crippen molar-refractivity contribution in [1.82, 2.24) is 0 Å². The normalized spacial score (nSPS) is 5.20. The van der Waals surface area contributed by atoms with E-state index in [0.717, 1.165) is 0 Å². The fraction of sp³-hybridized carbons (Fsp3) is 0. The smallest absolute Gasteiger partial charge is 2.00 e. The standard InChI is InChI=1S/3O.Sn.Sr/q;2*-1;;+2. The van der Waals surface area contributed by atoms with E-state index in [1.165, 1.54) is 0 Å². The van der Waals surface area contributed by atoms with Crippen LogP contribution in [0.5, 0.6) is 0 Å². The van der Waals surface area contributed by atoms with E-state index in [4.69, 9.17) is 9.96 Å². The molecule has 0 N–H and O–H groups in total. The molecule has 0 aliphatic heterocycles. The minimum Gasteiger partial charge on any atom is 2.00 e. The van der Waals surface area contributed by atoms with Crippen molar-refractivity contribution < 1.29 is 9.96 Å². The van der Waals surface area contributed by atoms with E-state index in [9.17, 15) is 0 Å². The van der Waals surface area contributed by atoms with Gasteiger partial charge >= 0.3 is 76.0 Å². The molecule has 5 heavy (non-hydrogen) atoms. The van der Waals surface area contributed by atoms with Crippen molar-refractivity contribution in [2.75, 3.05) is 0 Å². The van der Waals surface area contributed by atoms with E-state index in [1.54, 1.807) is 0 Å². The minimum absolute atomic E-state index is 0. The molecule has 0 amide bonds. The van der Waals surface area contributed by atoms with Crippen molar-refractivity contribution in [2.45, 2.75) is 0 Å². The summed E-state index contributed by atoms with van der Waals surface area (Å²) in [6.45, 7) is 0. The molecule has 0 atom stereocenters. The summed E-state index contributed by atoms with van der Waals surface area (Å²) in [5, 5.41) is 0. The molecule has 0 heterocycles. The number of hydrogen-bond acceptors (Lipinski definition) is 3. The van der Waals surface area contributed by atoms with Crippen molar-refractivity contribution in [3.8, 4) is 0 Å². The summed E-state index contributed by atoms with van der Waals surface area (Å²) in [5.74, 6) is 0. The van der Waals surface area contributed by atoms with Gasteiger partial charge in [0.1, 0.15) is 0 Å². The molecule has 0 spiro atoms. The average molecular weight is 254 g/mol. The maximum absolute atomic E-state index is 8.61. The molecule has 5 heteroatoms. The summed E-state index contributed by atoms with van der Waals surface area (Å²) in [5.41, 5.74) is 0. The van der Waals surface area contributed by atoms with Gasteiger partial charge in [0.15, 0.2) is 0 Å². The topological polar surface area (TPSA) is 63.2 Å². The molecule has 0 aromatic heterocycles. The summed E-state index contributed by atoms with van der Waals surface area (Å²) < 4.78 is 25.8. The van der Waals surface area contributed by atoms with Gasteiger partial charge < -0.3 is 0 Å². The van der Waals surface area contributed by atoms with Crippen molar-refractivity contribution in [3.05, 3.63) is 0 Å². The Hall–Kier alpha value is 2.00. The van der Waals surface area contributed by atoms with Crippen molar-refractivity contribution in [2.24, 2.45) is 0 Å². The molecule has 0 aromatic rings. The van der Waals surface area contributed by atoms with Crippen LogP contribution in [0.4, 0.5) is 0 Å². The number of rotatable bonds is 0. The molecule has 0 fully saturated rings. The van der Waals surface area contributed by atoms with Gasteiger partial charge in [-0.15, -0.1) is 0 Å². The van der Waals surface area contributed by atoms with Crippen LogP contribution in [-0.2, 0) is 3.08 Å². The van der Waals surface area contributed by atoms with Crippen LogP contribution in [0.15, 0.2) is 0 Å². The zero-order chi connectivity index (χ0) is 3.58. The van der Waals surface area contributed by atoms with Crippen LogP contribution in [0.25, 0.3) is 0 Å². The first-order valence-electron chi connectivity index (χ1n) is 0.612. The van der Waals surface area contributed by atoms with Crippen molar-refractivity contribution >= 4 is 66.1 Å². The Balaban J connectivity index is 0. The van der Waals surface area contributed by atoms with Crippen LogP contribution in [-0.4, -0.2) is 66.1 Å². The summed E-state index contributed by atoms with van der Waals surface area (Å²) in [7, 11) is 0. The molecule has 0 saturated heterocycles. The first-order chi connectivity index (χ1) is 1.73. The fourth-order valence-electron chi connectivity index (χ4n) is 0. The van der Waals surface area contributed by atoms with Crippen LogP contribution >= 0.6 is 0 Å². The average Bonchev–Trinajstić information content (AvgIpc) is 0.811. The van der Waals surface area contributed by atoms with Gasteiger partial charge in [0.05, 0.1) is 0 Å². The molecule has 3 nitrogen and oxygen atoms in total. The third-order valence-electron chi connectivity index (χ3n) is 0. The molecule has 0 aliphatic rings. The zero-order valence-electron chi connectivity index (χ0n) is 2.43. The predicted octanol–water partition coefficient (Wildman–Crippen LogP) is -3.26. The largest absolute Gasteiger partial charge is 2.00 e. The van der Waals surface area contributed by atoms with Crippen LogP contribution in [0.2, 0.25) is 0 Å². The molecular formula is O3SnSr. The zero-order valence-corrected chi connectivity index (χ0v) is 8.76. The van der Waals surface area contributed by atoms with Crippen LogP contribution in [0, 0.1) is 0 Å². The van der Waals surface area contributed by atoms with E-state index < -0.39 is 20.6 Å². The van der Waals surface area contributed by atoms with Gasteiger partial charge in [-0.25, -0.2) is 0 Å². The Morgan fingerprint density at radius 3 is 1.40 bits per heavy atom. The van der Waals surface area contributed by atoms with E-state index in [2.05, 4.69) is 0 Å². The molecule has 0 bridgehead atoms. The Morgan fingerprint density at radius 2 is 1.40 bits per heavy atom. The van der Waals surface area contributed by atoms with Crippen molar-refractivity contribution in [3.63, 3.8) is 0 Å². The van der Waals surface area contributed by atoms with Gasteiger partial charge in [0.25, 0.3) is 0 Å². The van der Waals surface area contributed by atoms with Gasteiger partial charge in [0.2, 0.25) is 0 Å². The molecular weight excluding hydrogens is 254 g/mol. The Morgan fingerprint density at radius 1 is 1.40 bits per heavy atom. The molecule has 0 radical (unpaired) electrons.